The third-order valence-electron chi connectivity index (χ3n) is 4.55. The molecule has 0 bridgehead atoms. The van der Waals surface area contributed by atoms with Gasteiger partial charge in [-0.25, -0.2) is 4.39 Å². The normalized spacial score (nSPS) is 15.6. The number of anilines is 1. The molecule has 0 unspecified atom stereocenters. The van der Waals surface area contributed by atoms with Gasteiger partial charge < -0.3 is 10.1 Å². The first kappa shape index (κ1) is 19.7. The van der Waals surface area contributed by atoms with E-state index in [-0.39, 0.29) is 5.91 Å². The zero-order chi connectivity index (χ0) is 19.4. The van der Waals surface area contributed by atoms with Gasteiger partial charge in [0.05, 0.1) is 5.00 Å². The summed E-state index contributed by atoms with van der Waals surface area (Å²) in [6.45, 7) is 0. The number of halogens is 4. The second-order valence-electron chi connectivity index (χ2n) is 6.65. The minimum absolute atomic E-state index is 0.0459. The van der Waals surface area contributed by atoms with E-state index < -0.39 is 17.9 Å². The highest BCUT2D eigenvalue weighted by Gasteiger charge is 2.32. The number of carbonyl (C=O) groups excluding carboxylic acids is 1. The van der Waals surface area contributed by atoms with E-state index >= 15 is 0 Å². The largest absolute Gasteiger partial charge is 0.573 e. The van der Waals surface area contributed by atoms with Gasteiger partial charge in [0.1, 0.15) is 0 Å². The van der Waals surface area contributed by atoms with Gasteiger partial charge in [0.25, 0.3) is 0 Å². The second-order valence-corrected chi connectivity index (χ2v) is 7.56. The molecular weight excluding hydrogens is 382 g/mol. The van der Waals surface area contributed by atoms with Crippen LogP contribution in [0.1, 0.15) is 38.5 Å². The maximum absolute atomic E-state index is 13.9. The average Bonchev–Trinajstić information content (AvgIpc) is 3.05. The highest BCUT2D eigenvalue weighted by molar-refractivity contribution is 7.14. The Bertz CT molecular complexity index is 797. The third-order valence-corrected chi connectivity index (χ3v) is 5.40. The molecule has 0 atom stereocenters. The predicted octanol–water partition coefficient (Wildman–Crippen LogP) is 6.36. The standard InChI is InChI=1S/C19H19F4NO2S/c20-15-9-13(6-7-16(15)26-19(21,22)23)14-10-18(27-11-14)24-17(25)8-12-4-2-1-3-5-12/h6-7,9-12H,1-5,8H2,(H,24,25). The number of hydrogen-bond acceptors (Lipinski definition) is 3. The number of rotatable bonds is 5. The summed E-state index contributed by atoms with van der Waals surface area (Å²) >= 11 is 1.29. The first-order valence-corrected chi connectivity index (χ1v) is 9.62. The molecule has 2 aromatic rings. The number of carbonyl (C=O) groups is 1. The summed E-state index contributed by atoms with van der Waals surface area (Å²) in [6.07, 6.45) is 1.27. The van der Waals surface area contributed by atoms with Crippen molar-refractivity contribution in [2.75, 3.05) is 5.32 Å². The number of benzene rings is 1. The van der Waals surface area contributed by atoms with E-state index in [4.69, 9.17) is 0 Å². The van der Waals surface area contributed by atoms with Crippen molar-refractivity contribution in [2.45, 2.75) is 44.9 Å². The van der Waals surface area contributed by atoms with Crippen LogP contribution in [0.2, 0.25) is 0 Å². The number of hydrogen-bond donors (Lipinski definition) is 1. The van der Waals surface area contributed by atoms with Crippen molar-refractivity contribution in [1.29, 1.82) is 0 Å². The highest BCUT2D eigenvalue weighted by atomic mass is 32.1. The number of alkyl halides is 3. The van der Waals surface area contributed by atoms with Crippen LogP contribution in [-0.4, -0.2) is 12.3 Å². The van der Waals surface area contributed by atoms with Crippen LogP contribution in [-0.2, 0) is 4.79 Å². The lowest BCUT2D eigenvalue weighted by atomic mass is 9.87. The molecular formula is C19H19F4NO2S. The Morgan fingerprint density at radius 3 is 2.56 bits per heavy atom. The third kappa shape index (κ3) is 5.69. The van der Waals surface area contributed by atoms with E-state index in [1.807, 2.05) is 0 Å². The Kier molecular flexibility index (Phi) is 6.04. The summed E-state index contributed by atoms with van der Waals surface area (Å²) in [5.41, 5.74) is 1.02. The quantitative estimate of drug-likeness (QED) is 0.592. The van der Waals surface area contributed by atoms with Crippen LogP contribution in [0.25, 0.3) is 11.1 Å². The van der Waals surface area contributed by atoms with Crippen LogP contribution in [0.15, 0.2) is 29.6 Å². The Hall–Kier alpha value is -2.09. The Morgan fingerprint density at radius 2 is 1.89 bits per heavy atom. The van der Waals surface area contributed by atoms with Gasteiger partial charge in [-0.1, -0.05) is 25.3 Å². The predicted molar refractivity (Wildman–Crippen MR) is 96.2 cm³/mol. The molecule has 1 amide bonds. The van der Waals surface area contributed by atoms with Crippen molar-refractivity contribution in [2.24, 2.45) is 5.92 Å². The zero-order valence-corrected chi connectivity index (χ0v) is 15.3. The molecule has 1 aromatic heterocycles. The Morgan fingerprint density at radius 1 is 1.15 bits per heavy atom. The summed E-state index contributed by atoms with van der Waals surface area (Å²) in [6, 6.07) is 4.95. The van der Waals surface area contributed by atoms with E-state index in [2.05, 4.69) is 10.1 Å². The maximum Gasteiger partial charge on any atom is 0.573 e. The maximum atomic E-state index is 13.9. The number of ether oxygens (including phenoxy) is 1. The van der Waals surface area contributed by atoms with Gasteiger partial charge in [-0.15, -0.1) is 24.5 Å². The summed E-state index contributed by atoms with van der Waals surface area (Å²) < 4.78 is 54.1. The summed E-state index contributed by atoms with van der Waals surface area (Å²) in [5.74, 6) is -1.59. The number of nitrogens with one attached hydrogen (secondary N) is 1. The fourth-order valence-electron chi connectivity index (χ4n) is 3.28. The van der Waals surface area contributed by atoms with Crippen LogP contribution < -0.4 is 10.1 Å². The Balaban J connectivity index is 1.63. The monoisotopic (exact) mass is 401 g/mol. The van der Waals surface area contributed by atoms with Crippen molar-refractivity contribution in [3.63, 3.8) is 0 Å². The van der Waals surface area contributed by atoms with Crippen molar-refractivity contribution in [3.05, 3.63) is 35.5 Å². The molecule has 1 aliphatic carbocycles. The van der Waals surface area contributed by atoms with Gasteiger partial charge in [-0.2, -0.15) is 0 Å². The van der Waals surface area contributed by atoms with Gasteiger partial charge in [0.15, 0.2) is 11.6 Å². The molecule has 1 heterocycles. The van der Waals surface area contributed by atoms with Crippen LogP contribution >= 0.6 is 11.3 Å². The van der Waals surface area contributed by atoms with Crippen molar-refractivity contribution < 1.29 is 27.1 Å². The van der Waals surface area contributed by atoms with Crippen LogP contribution in [0.3, 0.4) is 0 Å². The summed E-state index contributed by atoms with van der Waals surface area (Å²) in [7, 11) is 0. The lowest BCUT2D eigenvalue weighted by molar-refractivity contribution is -0.275. The molecule has 1 aromatic carbocycles. The number of amides is 1. The van der Waals surface area contributed by atoms with Crippen molar-refractivity contribution in [3.8, 4) is 16.9 Å². The van der Waals surface area contributed by atoms with E-state index in [0.29, 0.717) is 28.5 Å². The molecule has 146 valence electrons. The van der Waals surface area contributed by atoms with Gasteiger partial charge in [0, 0.05) is 11.8 Å². The van der Waals surface area contributed by atoms with Gasteiger partial charge >= 0.3 is 6.36 Å². The van der Waals surface area contributed by atoms with Crippen molar-refractivity contribution in [1.82, 2.24) is 0 Å². The first-order valence-electron chi connectivity index (χ1n) is 8.74. The molecule has 1 saturated carbocycles. The summed E-state index contributed by atoms with van der Waals surface area (Å²) in [4.78, 5) is 12.2. The molecule has 0 radical (unpaired) electrons. The van der Waals surface area contributed by atoms with Gasteiger partial charge in [-0.05, 0) is 48.1 Å². The smallest absolute Gasteiger partial charge is 0.403 e. The van der Waals surface area contributed by atoms with E-state index in [1.54, 1.807) is 11.4 Å². The minimum atomic E-state index is -4.94. The highest BCUT2D eigenvalue weighted by Crippen LogP contribution is 2.33. The first-order chi connectivity index (χ1) is 12.8. The van der Waals surface area contributed by atoms with Crippen LogP contribution in [0.5, 0.6) is 5.75 Å². The molecule has 3 nitrogen and oxygen atoms in total. The van der Waals surface area contributed by atoms with Gasteiger partial charge in [0.2, 0.25) is 5.91 Å². The topological polar surface area (TPSA) is 38.3 Å². The fraction of sp³-hybridized carbons (Fsp3) is 0.421. The number of thiophene rings is 1. The molecule has 1 fully saturated rings. The lowest BCUT2D eigenvalue weighted by Gasteiger charge is -2.20. The van der Waals surface area contributed by atoms with Crippen LogP contribution in [0.4, 0.5) is 22.6 Å². The molecule has 0 saturated heterocycles. The molecule has 27 heavy (non-hydrogen) atoms. The zero-order valence-electron chi connectivity index (χ0n) is 14.4. The Labute approximate surface area is 158 Å². The van der Waals surface area contributed by atoms with E-state index in [0.717, 1.165) is 25.0 Å². The molecule has 1 aliphatic rings. The van der Waals surface area contributed by atoms with Gasteiger partial charge in [-0.3, -0.25) is 4.79 Å². The van der Waals surface area contributed by atoms with E-state index in [1.165, 1.54) is 36.7 Å². The second kappa shape index (κ2) is 8.29. The average molecular weight is 401 g/mol. The molecule has 0 spiro atoms. The molecule has 8 heteroatoms. The fourth-order valence-corrected chi connectivity index (χ4v) is 4.11. The van der Waals surface area contributed by atoms with Crippen molar-refractivity contribution >= 4 is 22.2 Å². The molecule has 0 aliphatic heterocycles. The van der Waals surface area contributed by atoms with E-state index in [9.17, 15) is 22.4 Å². The SMILES string of the molecule is O=C(CC1CCCCC1)Nc1cc(-c2ccc(OC(F)(F)F)c(F)c2)cs1. The molecule has 3 rings (SSSR count). The minimum Gasteiger partial charge on any atom is -0.403 e. The summed E-state index contributed by atoms with van der Waals surface area (Å²) in [5, 5.41) is 5.19. The lowest BCUT2D eigenvalue weighted by Crippen LogP contribution is -2.17. The molecule has 1 N–H and O–H groups in total. The van der Waals surface area contributed by atoms with Crippen LogP contribution in [0, 0.1) is 11.7 Å².